The molecule has 0 aliphatic heterocycles. The normalized spacial score (nSPS) is 12.0. The lowest BCUT2D eigenvalue weighted by molar-refractivity contribution is 0.0916. The van der Waals surface area contributed by atoms with Crippen LogP contribution < -0.4 is 10.2 Å². The number of benzene rings is 1. The lowest BCUT2D eigenvalue weighted by atomic mass is 10.3. The van der Waals surface area contributed by atoms with Gasteiger partial charge in [-0.1, -0.05) is 28.6 Å². The third-order valence-electron chi connectivity index (χ3n) is 2.82. The van der Waals surface area contributed by atoms with Gasteiger partial charge < -0.3 is 9.09 Å². The van der Waals surface area contributed by atoms with E-state index in [1.165, 1.54) is 11.3 Å². The van der Waals surface area contributed by atoms with Crippen molar-refractivity contribution in [2.75, 3.05) is 0 Å². The van der Waals surface area contributed by atoms with Crippen LogP contribution in [0.3, 0.4) is 0 Å². The molecule has 2 aromatic heterocycles. The predicted octanol–water partition coefficient (Wildman–Crippen LogP) is 1.78. The molecule has 1 aromatic carbocycles. The Morgan fingerprint density at radius 3 is 2.95 bits per heavy atom. The van der Waals surface area contributed by atoms with Gasteiger partial charge in [-0.25, -0.2) is 5.43 Å². The molecule has 0 unspecified atom stereocenters. The minimum Gasteiger partial charge on any atom is -0.351 e. The Morgan fingerprint density at radius 1 is 1.45 bits per heavy atom. The Kier molecular flexibility index (Phi) is 3.11. The number of fused-ring (bicyclic) bond motifs is 1. The van der Waals surface area contributed by atoms with Crippen LogP contribution in [0.15, 0.2) is 40.0 Å². The van der Waals surface area contributed by atoms with Crippen LogP contribution in [0.4, 0.5) is 0 Å². The summed E-state index contributed by atoms with van der Waals surface area (Å²) >= 11 is 1.50. The molecule has 0 aliphatic rings. The fourth-order valence-corrected chi connectivity index (χ4v) is 2.79. The maximum absolute atomic E-state index is 11.8. The molecule has 0 fully saturated rings. The third-order valence-corrected chi connectivity index (χ3v) is 3.93. The second-order valence-corrected chi connectivity index (χ2v) is 5.31. The third kappa shape index (κ3) is 2.23. The fraction of sp³-hybridized carbons (Fsp3) is 0.154. The van der Waals surface area contributed by atoms with E-state index in [0.717, 1.165) is 10.2 Å². The first-order chi connectivity index (χ1) is 9.65. The van der Waals surface area contributed by atoms with Crippen molar-refractivity contribution in [1.82, 2.24) is 15.1 Å². The van der Waals surface area contributed by atoms with Crippen LogP contribution in [0.5, 0.6) is 0 Å². The number of rotatable bonds is 2. The molecule has 20 heavy (non-hydrogen) atoms. The maximum atomic E-state index is 11.8. The van der Waals surface area contributed by atoms with E-state index in [0.29, 0.717) is 10.5 Å². The standard InChI is InChI=1S/C13H12N4O2S/c1-8-7-10(19-16-8)12(18)14-15-13-17(2)9-5-3-4-6-11(9)20-13/h3-7H,1-2H3,(H,14,18)/b15-13+. The van der Waals surface area contributed by atoms with Gasteiger partial charge in [0.15, 0.2) is 0 Å². The van der Waals surface area contributed by atoms with Crippen molar-refractivity contribution in [2.45, 2.75) is 6.92 Å². The van der Waals surface area contributed by atoms with E-state index in [4.69, 9.17) is 4.52 Å². The van der Waals surface area contributed by atoms with E-state index in [1.807, 2.05) is 35.9 Å². The van der Waals surface area contributed by atoms with Crippen LogP contribution in [0.25, 0.3) is 10.2 Å². The maximum Gasteiger partial charge on any atom is 0.310 e. The number of hydrogen-bond acceptors (Lipinski definition) is 5. The van der Waals surface area contributed by atoms with Crippen molar-refractivity contribution < 1.29 is 9.32 Å². The van der Waals surface area contributed by atoms with Gasteiger partial charge in [-0.2, -0.15) is 0 Å². The predicted molar refractivity (Wildman–Crippen MR) is 75.1 cm³/mol. The molecule has 0 saturated carbocycles. The largest absolute Gasteiger partial charge is 0.351 e. The number of thiazole rings is 1. The van der Waals surface area contributed by atoms with E-state index in [1.54, 1.807) is 13.0 Å². The van der Waals surface area contributed by atoms with Crippen LogP contribution in [-0.4, -0.2) is 15.6 Å². The highest BCUT2D eigenvalue weighted by molar-refractivity contribution is 7.16. The van der Waals surface area contributed by atoms with Crippen molar-refractivity contribution in [2.24, 2.45) is 12.1 Å². The van der Waals surface area contributed by atoms with Gasteiger partial charge in [0.05, 0.1) is 15.9 Å². The van der Waals surface area contributed by atoms with Gasteiger partial charge in [0.1, 0.15) is 0 Å². The Balaban J connectivity index is 1.91. The first-order valence-corrected chi connectivity index (χ1v) is 6.79. The zero-order chi connectivity index (χ0) is 14.1. The number of aryl methyl sites for hydroxylation is 2. The summed E-state index contributed by atoms with van der Waals surface area (Å²) in [6.45, 7) is 1.75. The molecule has 0 spiro atoms. The Hall–Kier alpha value is -2.41. The average Bonchev–Trinajstić information content (AvgIpc) is 3.01. The number of para-hydroxylation sites is 1. The fourth-order valence-electron chi connectivity index (χ4n) is 1.81. The van der Waals surface area contributed by atoms with Crippen molar-refractivity contribution in [1.29, 1.82) is 0 Å². The summed E-state index contributed by atoms with van der Waals surface area (Å²) in [4.78, 5) is 12.5. The highest BCUT2D eigenvalue weighted by atomic mass is 32.1. The molecule has 1 amide bonds. The van der Waals surface area contributed by atoms with Gasteiger partial charge in [0.2, 0.25) is 10.6 Å². The molecule has 2 heterocycles. The Bertz CT molecular complexity index is 843. The van der Waals surface area contributed by atoms with Crippen LogP contribution in [-0.2, 0) is 7.05 Å². The second kappa shape index (κ2) is 4.93. The summed E-state index contributed by atoms with van der Waals surface area (Å²) < 4.78 is 7.91. The Labute approximate surface area is 118 Å². The quantitative estimate of drug-likeness (QED) is 0.731. The number of carbonyl (C=O) groups is 1. The molecule has 0 saturated heterocycles. The molecule has 6 nitrogen and oxygen atoms in total. The summed E-state index contributed by atoms with van der Waals surface area (Å²) in [5.74, 6) is -0.266. The number of nitrogens with one attached hydrogen (secondary N) is 1. The number of nitrogens with zero attached hydrogens (tertiary/aromatic N) is 3. The van der Waals surface area contributed by atoms with Gasteiger partial charge >= 0.3 is 5.91 Å². The van der Waals surface area contributed by atoms with Gasteiger partial charge in [0, 0.05) is 13.1 Å². The molecule has 1 N–H and O–H groups in total. The molecular weight excluding hydrogens is 276 g/mol. The van der Waals surface area contributed by atoms with Crippen LogP contribution >= 0.6 is 11.3 Å². The average molecular weight is 288 g/mol. The van der Waals surface area contributed by atoms with Gasteiger partial charge in [-0.3, -0.25) is 4.79 Å². The molecule has 0 atom stereocenters. The highest BCUT2D eigenvalue weighted by Gasteiger charge is 2.10. The van der Waals surface area contributed by atoms with E-state index >= 15 is 0 Å². The lowest BCUT2D eigenvalue weighted by Gasteiger charge is -1.95. The Morgan fingerprint density at radius 2 is 2.25 bits per heavy atom. The number of amides is 1. The highest BCUT2D eigenvalue weighted by Crippen LogP contribution is 2.14. The van der Waals surface area contributed by atoms with Crippen LogP contribution in [0.2, 0.25) is 0 Å². The molecule has 3 aromatic rings. The van der Waals surface area contributed by atoms with Crippen molar-refractivity contribution in [3.63, 3.8) is 0 Å². The molecule has 7 heteroatoms. The van der Waals surface area contributed by atoms with Gasteiger partial charge in [-0.05, 0) is 19.1 Å². The van der Waals surface area contributed by atoms with E-state index in [9.17, 15) is 4.79 Å². The molecule has 0 radical (unpaired) electrons. The van der Waals surface area contributed by atoms with Gasteiger partial charge in [0.25, 0.3) is 0 Å². The zero-order valence-corrected chi connectivity index (χ0v) is 11.8. The minimum absolute atomic E-state index is 0.148. The van der Waals surface area contributed by atoms with Crippen molar-refractivity contribution >= 4 is 27.5 Å². The summed E-state index contributed by atoms with van der Waals surface area (Å²) in [6.07, 6.45) is 0. The lowest BCUT2D eigenvalue weighted by Crippen LogP contribution is -2.22. The summed E-state index contributed by atoms with van der Waals surface area (Å²) in [5.41, 5.74) is 4.20. The second-order valence-electron chi connectivity index (χ2n) is 4.30. The van der Waals surface area contributed by atoms with E-state index in [2.05, 4.69) is 15.7 Å². The molecule has 0 aliphatic carbocycles. The first kappa shape index (κ1) is 12.6. The minimum atomic E-state index is -0.414. The number of aromatic nitrogens is 2. The molecule has 102 valence electrons. The summed E-state index contributed by atoms with van der Waals surface area (Å²) in [5, 5.41) is 7.79. The summed E-state index contributed by atoms with van der Waals surface area (Å²) in [6, 6.07) is 9.52. The van der Waals surface area contributed by atoms with E-state index in [-0.39, 0.29) is 5.76 Å². The van der Waals surface area contributed by atoms with Crippen molar-refractivity contribution in [3.05, 3.63) is 46.6 Å². The zero-order valence-electron chi connectivity index (χ0n) is 11.0. The molecular formula is C13H12N4O2S. The molecule has 3 rings (SSSR count). The first-order valence-electron chi connectivity index (χ1n) is 5.97. The van der Waals surface area contributed by atoms with Crippen LogP contribution in [0, 0.1) is 6.92 Å². The number of hydrogen-bond donors (Lipinski definition) is 1. The van der Waals surface area contributed by atoms with Gasteiger partial charge in [-0.15, -0.1) is 5.10 Å². The van der Waals surface area contributed by atoms with Crippen molar-refractivity contribution in [3.8, 4) is 0 Å². The van der Waals surface area contributed by atoms with Crippen LogP contribution in [0.1, 0.15) is 16.2 Å². The monoisotopic (exact) mass is 288 g/mol. The molecule has 0 bridgehead atoms. The SMILES string of the molecule is Cc1cc(C(=O)N/N=c2/sc3ccccc3n2C)on1. The summed E-state index contributed by atoms with van der Waals surface area (Å²) in [7, 11) is 1.91. The van der Waals surface area contributed by atoms with E-state index < -0.39 is 5.91 Å². The topological polar surface area (TPSA) is 72.4 Å². The smallest absolute Gasteiger partial charge is 0.310 e. The number of carbonyl (C=O) groups excluding carboxylic acids is 1.